The number of nitrogens with one attached hydrogen (secondary N) is 1. The lowest BCUT2D eigenvalue weighted by Crippen LogP contribution is -2.15. The molecule has 4 nitrogen and oxygen atoms in total. The number of hydrogen-bond acceptors (Lipinski definition) is 5. The fourth-order valence-electron chi connectivity index (χ4n) is 1.77. The monoisotopic (exact) mass is 341 g/mol. The summed E-state index contributed by atoms with van der Waals surface area (Å²) in [6.07, 6.45) is 0. The molecular weight excluding hydrogens is 326 g/mol. The van der Waals surface area contributed by atoms with E-state index >= 15 is 0 Å². The number of amides is 1. The predicted octanol–water partition coefficient (Wildman–Crippen LogP) is 4.00. The molecule has 2 N–H and O–H groups in total. The van der Waals surface area contributed by atoms with Crippen molar-refractivity contribution >= 4 is 51.3 Å². The van der Waals surface area contributed by atoms with Gasteiger partial charge in [-0.2, -0.15) is 0 Å². The molecule has 2 aromatic heterocycles. The maximum absolute atomic E-state index is 11.9. The summed E-state index contributed by atoms with van der Waals surface area (Å²) in [5.41, 5.74) is 0.920. The van der Waals surface area contributed by atoms with Gasteiger partial charge < -0.3 is 10.4 Å². The van der Waals surface area contributed by atoms with Crippen molar-refractivity contribution < 1.29 is 14.7 Å². The molecule has 0 unspecified atom stereocenters. The van der Waals surface area contributed by atoms with Gasteiger partial charge in [-0.3, -0.25) is 4.79 Å². The second-order valence-corrected chi connectivity index (χ2v) is 7.66. The Bertz CT molecular complexity index is 647. The fraction of sp³-hybridized carbons (Fsp3) is 0.286. The van der Waals surface area contributed by atoms with Crippen molar-refractivity contribution in [3.05, 3.63) is 38.4 Å². The normalized spacial score (nSPS) is 10.6. The Kier molecular flexibility index (Phi) is 5.44. The molecule has 0 fully saturated rings. The highest BCUT2D eigenvalue weighted by Crippen LogP contribution is 2.32. The molecule has 1 amide bonds. The van der Waals surface area contributed by atoms with Gasteiger partial charge in [-0.15, -0.1) is 34.4 Å². The van der Waals surface area contributed by atoms with E-state index in [1.807, 2.05) is 24.4 Å². The third kappa shape index (κ3) is 4.09. The van der Waals surface area contributed by atoms with Gasteiger partial charge in [-0.1, -0.05) is 6.07 Å². The number of carboxylic acids is 1. The van der Waals surface area contributed by atoms with Crippen LogP contribution in [0.5, 0.6) is 0 Å². The Hall–Kier alpha value is -1.31. The van der Waals surface area contributed by atoms with E-state index in [2.05, 4.69) is 5.32 Å². The predicted molar refractivity (Wildman–Crippen MR) is 89.9 cm³/mol. The molecule has 2 rings (SSSR count). The van der Waals surface area contributed by atoms with E-state index in [9.17, 15) is 14.7 Å². The number of carbonyl (C=O) groups excluding carboxylic acids is 1. The van der Waals surface area contributed by atoms with E-state index in [0.29, 0.717) is 16.3 Å². The smallest absolute Gasteiger partial charge is 0.338 e. The van der Waals surface area contributed by atoms with E-state index in [0.717, 1.165) is 10.6 Å². The summed E-state index contributed by atoms with van der Waals surface area (Å²) in [4.78, 5) is 25.3. The molecule has 0 atom stereocenters. The van der Waals surface area contributed by atoms with Gasteiger partial charge in [0.15, 0.2) is 0 Å². The van der Waals surface area contributed by atoms with E-state index in [-0.39, 0.29) is 11.5 Å². The standard InChI is InChI=1S/C14H15NO3S3/c1-8-9(2)21-13(12(8)14(17)18)15-11(16)7-19-6-10-4-3-5-20-10/h3-5H,6-7H2,1-2H3,(H,15,16)(H,17,18). The number of hydrogen-bond donors (Lipinski definition) is 2. The summed E-state index contributed by atoms with van der Waals surface area (Å²) in [6, 6.07) is 4.01. The summed E-state index contributed by atoms with van der Waals surface area (Å²) in [5.74, 6) is -0.0644. The quantitative estimate of drug-likeness (QED) is 0.833. The second-order valence-electron chi connectivity index (χ2n) is 4.41. The molecule has 2 aromatic rings. The number of rotatable bonds is 6. The third-order valence-corrected chi connectivity index (χ3v) is 6.07. The van der Waals surface area contributed by atoms with E-state index in [1.54, 1.807) is 18.3 Å². The zero-order valence-electron chi connectivity index (χ0n) is 11.6. The second kappa shape index (κ2) is 7.11. The molecule has 0 saturated carbocycles. The van der Waals surface area contributed by atoms with E-state index in [1.165, 1.54) is 28.0 Å². The van der Waals surface area contributed by atoms with Crippen LogP contribution in [-0.4, -0.2) is 22.7 Å². The average molecular weight is 341 g/mol. The first kappa shape index (κ1) is 16.1. The molecule has 0 aliphatic heterocycles. The fourth-order valence-corrected chi connectivity index (χ4v) is 4.51. The number of anilines is 1. The largest absolute Gasteiger partial charge is 0.478 e. The highest BCUT2D eigenvalue weighted by atomic mass is 32.2. The van der Waals surface area contributed by atoms with Crippen LogP contribution in [0.2, 0.25) is 0 Å². The first-order valence-corrected chi connectivity index (χ1v) is 9.07. The van der Waals surface area contributed by atoms with Crippen molar-refractivity contribution in [2.24, 2.45) is 0 Å². The van der Waals surface area contributed by atoms with Crippen molar-refractivity contribution in [2.75, 3.05) is 11.1 Å². The number of aromatic carboxylic acids is 1. The Morgan fingerprint density at radius 1 is 1.38 bits per heavy atom. The van der Waals surface area contributed by atoms with Crippen molar-refractivity contribution in [3.8, 4) is 0 Å². The molecule has 0 saturated heterocycles. The Balaban J connectivity index is 1.93. The van der Waals surface area contributed by atoms with Crippen molar-refractivity contribution in [3.63, 3.8) is 0 Å². The molecule has 0 radical (unpaired) electrons. The first-order valence-electron chi connectivity index (χ1n) is 6.22. The number of aryl methyl sites for hydroxylation is 1. The lowest BCUT2D eigenvalue weighted by atomic mass is 10.1. The molecule has 0 spiro atoms. The minimum absolute atomic E-state index is 0.166. The van der Waals surface area contributed by atoms with Gasteiger partial charge >= 0.3 is 5.97 Å². The van der Waals surface area contributed by atoms with Gasteiger partial charge in [0.2, 0.25) is 5.91 Å². The molecule has 0 aliphatic rings. The van der Waals surface area contributed by atoms with Crippen molar-refractivity contribution in [1.82, 2.24) is 0 Å². The number of thiophene rings is 2. The molecular formula is C14H15NO3S3. The molecule has 2 heterocycles. The van der Waals surface area contributed by atoms with Gasteiger partial charge in [0.25, 0.3) is 0 Å². The van der Waals surface area contributed by atoms with Crippen LogP contribution in [0.3, 0.4) is 0 Å². The average Bonchev–Trinajstić information content (AvgIpc) is 2.99. The van der Waals surface area contributed by atoms with Gasteiger partial charge in [0.05, 0.1) is 11.3 Å². The Morgan fingerprint density at radius 3 is 2.76 bits per heavy atom. The summed E-state index contributed by atoms with van der Waals surface area (Å²) in [6.45, 7) is 3.62. The summed E-state index contributed by atoms with van der Waals surface area (Å²) in [5, 5.41) is 14.4. The summed E-state index contributed by atoms with van der Waals surface area (Å²) >= 11 is 4.49. The van der Waals surface area contributed by atoms with Crippen LogP contribution in [0.4, 0.5) is 5.00 Å². The molecule has 0 aromatic carbocycles. The SMILES string of the molecule is Cc1sc(NC(=O)CSCc2cccs2)c(C(=O)O)c1C. The van der Waals surface area contributed by atoms with Crippen LogP contribution in [0.1, 0.15) is 25.7 Å². The Morgan fingerprint density at radius 2 is 2.14 bits per heavy atom. The van der Waals surface area contributed by atoms with Crippen LogP contribution in [-0.2, 0) is 10.5 Å². The van der Waals surface area contributed by atoms with Gasteiger partial charge in [-0.25, -0.2) is 4.79 Å². The minimum atomic E-state index is -1.00. The van der Waals surface area contributed by atoms with Crippen LogP contribution in [0.15, 0.2) is 17.5 Å². The van der Waals surface area contributed by atoms with Crippen molar-refractivity contribution in [1.29, 1.82) is 0 Å². The van der Waals surface area contributed by atoms with Crippen LogP contribution >= 0.6 is 34.4 Å². The molecule has 21 heavy (non-hydrogen) atoms. The Labute approximate surface area is 135 Å². The zero-order chi connectivity index (χ0) is 15.4. The van der Waals surface area contributed by atoms with Gasteiger partial charge in [-0.05, 0) is 30.9 Å². The highest BCUT2D eigenvalue weighted by Gasteiger charge is 2.20. The molecule has 0 aliphatic carbocycles. The maximum atomic E-state index is 11.9. The summed E-state index contributed by atoms with van der Waals surface area (Å²) in [7, 11) is 0. The van der Waals surface area contributed by atoms with E-state index < -0.39 is 5.97 Å². The van der Waals surface area contributed by atoms with Crippen molar-refractivity contribution in [2.45, 2.75) is 19.6 Å². The lowest BCUT2D eigenvalue weighted by Gasteiger charge is -2.04. The molecule has 7 heteroatoms. The first-order chi connectivity index (χ1) is 9.99. The van der Waals surface area contributed by atoms with Gasteiger partial charge in [0, 0.05) is 15.5 Å². The maximum Gasteiger partial charge on any atom is 0.338 e. The lowest BCUT2D eigenvalue weighted by molar-refractivity contribution is -0.113. The molecule has 112 valence electrons. The van der Waals surface area contributed by atoms with Crippen LogP contribution < -0.4 is 5.32 Å². The summed E-state index contributed by atoms with van der Waals surface area (Å²) < 4.78 is 0. The zero-order valence-corrected chi connectivity index (χ0v) is 14.1. The topological polar surface area (TPSA) is 66.4 Å². The number of carboxylic acid groups (broad SMARTS) is 1. The van der Waals surface area contributed by atoms with Crippen LogP contribution in [0.25, 0.3) is 0 Å². The molecule has 0 bridgehead atoms. The number of carbonyl (C=O) groups is 2. The van der Waals surface area contributed by atoms with Crippen LogP contribution in [0, 0.1) is 13.8 Å². The van der Waals surface area contributed by atoms with E-state index in [4.69, 9.17) is 0 Å². The highest BCUT2D eigenvalue weighted by molar-refractivity contribution is 7.99. The number of thioether (sulfide) groups is 1. The minimum Gasteiger partial charge on any atom is -0.478 e. The third-order valence-electron chi connectivity index (χ3n) is 2.91. The van der Waals surface area contributed by atoms with Gasteiger partial charge in [0.1, 0.15) is 5.00 Å².